The third-order valence-corrected chi connectivity index (χ3v) is 6.02. The lowest BCUT2D eigenvalue weighted by Crippen LogP contribution is -2.29. The van der Waals surface area contributed by atoms with E-state index in [0.717, 1.165) is 49.9 Å². The molecule has 4 aromatic rings. The third-order valence-electron chi connectivity index (χ3n) is 5.61. The van der Waals surface area contributed by atoms with Crippen molar-refractivity contribution in [2.45, 2.75) is 31.0 Å². The quantitative estimate of drug-likeness (QED) is 0.294. The number of H-pyrrole nitrogens is 1. The molecule has 0 unspecified atom stereocenters. The minimum Gasteiger partial charge on any atom is -0.340 e. The Kier molecular flexibility index (Phi) is 6.93. The number of halogens is 2. The number of aromatic amines is 1. The van der Waals surface area contributed by atoms with E-state index in [4.69, 9.17) is 23.2 Å². The van der Waals surface area contributed by atoms with Gasteiger partial charge in [-0.2, -0.15) is 0 Å². The summed E-state index contributed by atoms with van der Waals surface area (Å²) in [5.41, 5.74) is 4.62. The molecule has 0 bridgehead atoms. The summed E-state index contributed by atoms with van der Waals surface area (Å²) in [5.74, 6) is 0.605. The Hall–Kier alpha value is -2.07. The van der Waals surface area contributed by atoms with Gasteiger partial charge in [0.05, 0.1) is 11.0 Å². The largest absolute Gasteiger partial charge is 0.340 e. The summed E-state index contributed by atoms with van der Waals surface area (Å²) in [6.45, 7) is 5.47. The second-order valence-corrected chi connectivity index (χ2v) is 8.85. The maximum Gasteiger partial charge on any atom is 0.165 e. The predicted octanol–water partition coefficient (Wildman–Crippen LogP) is 6.69. The molecule has 1 heterocycles. The molecule has 3 aromatic carbocycles. The number of imidazole rings is 1. The van der Waals surface area contributed by atoms with Gasteiger partial charge in [-0.3, -0.25) is 0 Å². The summed E-state index contributed by atoms with van der Waals surface area (Å²) in [4.78, 5) is 9.60. The van der Waals surface area contributed by atoms with E-state index in [2.05, 4.69) is 76.4 Å². The summed E-state index contributed by atoms with van der Waals surface area (Å²) in [5, 5.41) is 2.69. The monoisotopic (exact) mass is 439 g/mol. The molecule has 30 heavy (non-hydrogen) atoms. The van der Waals surface area contributed by atoms with Crippen molar-refractivity contribution in [1.29, 1.82) is 0 Å². The number of rotatable bonds is 9. The maximum absolute atomic E-state index is 5.94. The number of benzene rings is 3. The van der Waals surface area contributed by atoms with Gasteiger partial charge in [-0.05, 0) is 59.8 Å². The zero-order chi connectivity index (χ0) is 20.9. The van der Waals surface area contributed by atoms with Crippen LogP contribution in [0, 0.1) is 0 Å². The SMILES string of the molecule is CCCN(CCc1ccc2nc(C(Cl)Cl)[nH]c2c1)CCc1cccc2ccccc12. The second-order valence-electron chi connectivity index (χ2n) is 7.75. The molecule has 0 fully saturated rings. The van der Waals surface area contributed by atoms with Crippen LogP contribution in [0.2, 0.25) is 0 Å². The molecule has 156 valence electrons. The summed E-state index contributed by atoms with van der Waals surface area (Å²) >= 11 is 11.9. The fraction of sp³-hybridized carbons (Fsp3) is 0.320. The Morgan fingerprint density at radius 1 is 0.933 bits per heavy atom. The van der Waals surface area contributed by atoms with Crippen molar-refractivity contribution in [2.24, 2.45) is 0 Å². The Morgan fingerprint density at radius 2 is 1.73 bits per heavy atom. The fourth-order valence-electron chi connectivity index (χ4n) is 4.06. The highest BCUT2D eigenvalue weighted by Crippen LogP contribution is 2.25. The van der Waals surface area contributed by atoms with Gasteiger partial charge >= 0.3 is 0 Å². The van der Waals surface area contributed by atoms with Gasteiger partial charge in [0.15, 0.2) is 4.84 Å². The van der Waals surface area contributed by atoms with Gasteiger partial charge in [0, 0.05) is 13.1 Å². The summed E-state index contributed by atoms with van der Waals surface area (Å²) in [6, 6.07) is 21.6. The number of aromatic nitrogens is 2. The lowest BCUT2D eigenvalue weighted by molar-refractivity contribution is 0.281. The average Bonchev–Trinajstić information content (AvgIpc) is 3.19. The van der Waals surface area contributed by atoms with Gasteiger partial charge in [0.1, 0.15) is 5.82 Å². The molecule has 3 nitrogen and oxygen atoms in total. The van der Waals surface area contributed by atoms with Gasteiger partial charge < -0.3 is 9.88 Å². The lowest BCUT2D eigenvalue weighted by Gasteiger charge is -2.22. The van der Waals surface area contributed by atoms with Crippen molar-refractivity contribution in [3.8, 4) is 0 Å². The Balaban J connectivity index is 1.41. The van der Waals surface area contributed by atoms with Gasteiger partial charge in [0.2, 0.25) is 0 Å². The van der Waals surface area contributed by atoms with Crippen LogP contribution in [-0.2, 0) is 12.8 Å². The molecule has 4 rings (SSSR count). The van der Waals surface area contributed by atoms with Crippen LogP contribution in [0.1, 0.15) is 35.1 Å². The molecule has 0 aliphatic heterocycles. The van der Waals surface area contributed by atoms with E-state index in [-0.39, 0.29) is 0 Å². The van der Waals surface area contributed by atoms with Crippen molar-refractivity contribution in [1.82, 2.24) is 14.9 Å². The van der Waals surface area contributed by atoms with Gasteiger partial charge in [0.25, 0.3) is 0 Å². The number of fused-ring (bicyclic) bond motifs is 2. The van der Waals surface area contributed by atoms with Crippen LogP contribution in [0.4, 0.5) is 0 Å². The van der Waals surface area contributed by atoms with Crippen LogP contribution in [-0.4, -0.2) is 34.5 Å². The number of nitrogens with one attached hydrogen (secondary N) is 1. The molecule has 0 aliphatic carbocycles. The van der Waals surface area contributed by atoms with E-state index in [0.29, 0.717) is 5.82 Å². The van der Waals surface area contributed by atoms with Gasteiger partial charge in [-0.15, -0.1) is 0 Å². The predicted molar refractivity (Wildman–Crippen MR) is 129 cm³/mol. The Labute approximate surface area is 188 Å². The van der Waals surface area contributed by atoms with Crippen molar-refractivity contribution < 1.29 is 0 Å². The molecule has 0 saturated heterocycles. The van der Waals surface area contributed by atoms with Crippen LogP contribution >= 0.6 is 23.2 Å². The normalized spacial score (nSPS) is 11.9. The van der Waals surface area contributed by atoms with E-state index in [9.17, 15) is 0 Å². The maximum atomic E-state index is 5.94. The minimum absolute atomic E-state index is 0.605. The molecule has 0 amide bonds. The van der Waals surface area contributed by atoms with Crippen molar-refractivity contribution in [3.05, 3.63) is 77.6 Å². The Bertz CT molecular complexity index is 1110. The third kappa shape index (κ3) is 4.97. The van der Waals surface area contributed by atoms with Crippen molar-refractivity contribution >= 4 is 45.0 Å². The molecule has 1 aromatic heterocycles. The second kappa shape index (κ2) is 9.82. The first-order valence-electron chi connectivity index (χ1n) is 10.6. The molecule has 0 saturated carbocycles. The first-order chi connectivity index (χ1) is 14.6. The molecule has 5 heteroatoms. The molecule has 0 aliphatic rings. The molecule has 0 spiro atoms. The lowest BCUT2D eigenvalue weighted by atomic mass is 10.0. The zero-order valence-electron chi connectivity index (χ0n) is 17.2. The van der Waals surface area contributed by atoms with E-state index >= 15 is 0 Å². The van der Waals surface area contributed by atoms with E-state index in [1.807, 2.05) is 6.07 Å². The van der Waals surface area contributed by atoms with E-state index in [1.54, 1.807) is 0 Å². The standard InChI is InChI=1S/C25H27Cl2N3/c1-2-14-30(16-13-20-8-5-7-19-6-3-4-9-21(19)20)15-12-18-10-11-22-23(17-18)29-25(28-22)24(26)27/h3-11,17,24H,2,12-16H2,1H3,(H,28,29). The number of hydrogen-bond acceptors (Lipinski definition) is 2. The van der Waals surface area contributed by atoms with Gasteiger partial charge in [-0.25, -0.2) is 4.98 Å². The minimum atomic E-state index is -0.630. The zero-order valence-corrected chi connectivity index (χ0v) is 18.8. The van der Waals surface area contributed by atoms with Crippen LogP contribution in [0.25, 0.3) is 21.8 Å². The Morgan fingerprint density at radius 3 is 2.57 bits per heavy atom. The summed E-state index contributed by atoms with van der Waals surface area (Å²) in [7, 11) is 0. The van der Waals surface area contributed by atoms with Crippen molar-refractivity contribution in [3.63, 3.8) is 0 Å². The highest BCUT2D eigenvalue weighted by atomic mass is 35.5. The smallest absolute Gasteiger partial charge is 0.165 e. The van der Waals surface area contributed by atoms with Crippen LogP contribution in [0.3, 0.4) is 0 Å². The first-order valence-corrected chi connectivity index (χ1v) is 11.5. The first kappa shape index (κ1) is 21.2. The molecule has 1 N–H and O–H groups in total. The number of hydrogen-bond donors (Lipinski definition) is 1. The summed E-state index contributed by atoms with van der Waals surface area (Å²) in [6.07, 6.45) is 3.23. The highest BCUT2D eigenvalue weighted by Gasteiger charge is 2.11. The molecule has 0 radical (unpaired) electrons. The van der Waals surface area contributed by atoms with Crippen LogP contribution < -0.4 is 0 Å². The number of nitrogens with zero attached hydrogens (tertiary/aromatic N) is 2. The molecular weight excluding hydrogens is 413 g/mol. The van der Waals surface area contributed by atoms with Crippen LogP contribution in [0.5, 0.6) is 0 Å². The van der Waals surface area contributed by atoms with Crippen molar-refractivity contribution in [2.75, 3.05) is 19.6 Å². The molecule has 0 atom stereocenters. The number of alkyl halides is 2. The highest BCUT2D eigenvalue weighted by molar-refractivity contribution is 6.43. The van der Waals surface area contributed by atoms with E-state index < -0.39 is 4.84 Å². The summed E-state index contributed by atoms with van der Waals surface area (Å²) < 4.78 is 0. The molecular formula is C25H27Cl2N3. The van der Waals surface area contributed by atoms with E-state index in [1.165, 1.54) is 21.9 Å². The average molecular weight is 440 g/mol. The fourth-order valence-corrected chi connectivity index (χ4v) is 4.27. The van der Waals surface area contributed by atoms with Gasteiger partial charge in [-0.1, -0.05) is 78.7 Å². The van der Waals surface area contributed by atoms with Crippen LogP contribution in [0.15, 0.2) is 60.7 Å². The topological polar surface area (TPSA) is 31.9 Å².